The lowest BCUT2D eigenvalue weighted by Crippen LogP contribution is -2.09. The average Bonchev–Trinajstić information content (AvgIpc) is 2.54. The molecule has 0 bridgehead atoms. The van der Waals surface area contributed by atoms with Gasteiger partial charge in [-0.1, -0.05) is 0 Å². The molecular formula is C19H16O6. The Morgan fingerprint density at radius 3 is 2.52 bits per heavy atom. The Labute approximate surface area is 142 Å². The zero-order valence-electron chi connectivity index (χ0n) is 14.0. The van der Waals surface area contributed by atoms with Gasteiger partial charge in [-0.2, -0.15) is 0 Å². The van der Waals surface area contributed by atoms with Gasteiger partial charge in [-0.05, 0) is 49.7 Å². The highest BCUT2D eigenvalue weighted by atomic mass is 16.5. The number of carbonyl (C=O) groups excluding carboxylic acids is 1. The number of ether oxygens (including phenoxy) is 1. The fourth-order valence-corrected chi connectivity index (χ4v) is 2.88. The highest BCUT2D eigenvalue weighted by Crippen LogP contribution is 2.29. The summed E-state index contributed by atoms with van der Waals surface area (Å²) in [6, 6.07) is 7.62. The molecule has 25 heavy (non-hydrogen) atoms. The van der Waals surface area contributed by atoms with Crippen LogP contribution in [0.4, 0.5) is 0 Å². The topological polar surface area (TPSA) is 93.8 Å². The van der Waals surface area contributed by atoms with Gasteiger partial charge in [0.1, 0.15) is 17.3 Å². The molecule has 1 N–H and O–H groups in total. The van der Waals surface area contributed by atoms with Crippen molar-refractivity contribution < 1.29 is 23.8 Å². The molecule has 0 aliphatic carbocycles. The van der Waals surface area contributed by atoms with E-state index in [4.69, 9.17) is 14.3 Å². The monoisotopic (exact) mass is 340 g/mol. The van der Waals surface area contributed by atoms with Crippen LogP contribution in [0.5, 0.6) is 0 Å². The van der Waals surface area contributed by atoms with Crippen LogP contribution in [0.3, 0.4) is 0 Å². The van der Waals surface area contributed by atoms with Crippen LogP contribution in [0.25, 0.3) is 21.9 Å². The van der Waals surface area contributed by atoms with E-state index in [0.29, 0.717) is 16.5 Å². The van der Waals surface area contributed by atoms with Gasteiger partial charge in [-0.25, -0.2) is 4.79 Å². The molecule has 0 saturated heterocycles. The van der Waals surface area contributed by atoms with E-state index in [9.17, 15) is 14.4 Å². The van der Waals surface area contributed by atoms with Gasteiger partial charge in [0.25, 0.3) is 0 Å². The lowest BCUT2D eigenvalue weighted by molar-refractivity contribution is -0.145. The molecular weight excluding hydrogens is 324 g/mol. The number of esters is 1. The first kappa shape index (κ1) is 16.7. The summed E-state index contributed by atoms with van der Waals surface area (Å²) >= 11 is 0. The molecule has 1 atom stereocenters. The molecule has 0 saturated carbocycles. The second kappa shape index (κ2) is 6.05. The van der Waals surface area contributed by atoms with E-state index in [0.717, 1.165) is 5.56 Å². The van der Waals surface area contributed by atoms with E-state index < -0.39 is 18.0 Å². The molecule has 3 aromatic rings. The van der Waals surface area contributed by atoms with Gasteiger partial charge in [0.2, 0.25) is 5.43 Å². The quantitative estimate of drug-likeness (QED) is 0.578. The summed E-state index contributed by atoms with van der Waals surface area (Å²) in [5, 5.41) is 9.63. The predicted molar refractivity (Wildman–Crippen MR) is 91.9 cm³/mol. The summed E-state index contributed by atoms with van der Waals surface area (Å²) < 4.78 is 11.1. The maximum absolute atomic E-state index is 12.9. The molecule has 0 aliphatic rings. The van der Waals surface area contributed by atoms with Crippen molar-refractivity contribution in [3.63, 3.8) is 0 Å². The summed E-state index contributed by atoms with van der Waals surface area (Å²) in [6.07, 6.45) is -0.584. The van der Waals surface area contributed by atoms with Crippen LogP contribution in [0.15, 0.2) is 39.5 Å². The summed E-state index contributed by atoms with van der Waals surface area (Å²) in [4.78, 5) is 35.2. The van der Waals surface area contributed by atoms with E-state index in [-0.39, 0.29) is 22.0 Å². The number of aromatic carboxylic acids is 1. The third-order valence-electron chi connectivity index (χ3n) is 3.97. The summed E-state index contributed by atoms with van der Waals surface area (Å²) in [5.74, 6) is -1.55. The average molecular weight is 340 g/mol. The third-order valence-corrected chi connectivity index (χ3v) is 3.97. The van der Waals surface area contributed by atoms with Crippen LogP contribution in [0.2, 0.25) is 0 Å². The number of fused-ring (bicyclic) bond motifs is 2. The molecule has 0 spiro atoms. The number of carboxylic acids is 1. The minimum atomic E-state index is -1.12. The van der Waals surface area contributed by atoms with Gasteiger partial charge >= 0.3 is 11.9 Å². The number of carboxylic acid groups (broad SMARTS) is 1. The molecule has 1 heterocycles. The number of rotatable bonds is 3. The standard InChI is InChI=1S/C19H16O6/c1-9-6-13(10(2)24-11(3)20)18-15(7-9)17(21)14-8-12(19(22)23)4-5-16(14)25-18/h4-8,10H,1-3H3,(H,22,23). The Morgan fingerprint density at radius 1 is 1.16 bits per heavy atom. The molecule has 1 unspecified atom stereocenters. The second-order valence-electron chi connectivity index (χ2n) is 5.93. The van der Waals surface area contributed by atoms with Crippen LogP contribution in [-0.4, -0.2) is 17.0 Å². The Hall–Kier alpha value is -3.15. The van der Waals surface area contributed by atoms with E-state index in [1.165, 1.54) is 25.1 Å². The van der Waals surface area contributed by atoms with E-state index >= 15 is 0 Å². The van der Waals surface area contributed by atoms with Crippen molar-refractivity contribution in [1.29, 1.82) is 0 Å². The van der Waals surface area contributed by atoms with Gasteiger partial charge < -0.3 is 14.3 Å². The molecule has 2 aromatic carbocycles. The first-order chi connectivity index (χ1) is 11.8. The van der Waals surface area contributed by atoms with E-state index in [1.807, 2.05) is 6.92 Å². The predicted octanol–water partition coefficient (Wildman–Crippen LogP) is 3.58. The number of hydrogen-bond acceptors (Lipinski definition) is 5. The molecule has 0 radical (unpaired) electrons. The molecule has 0 amide bonds. The molecule has 1 aromatic heterocycles. The fourth-order valence-electron chi connectivity index (χ4n) is 2.88. The number of hydrogen-bond donors (Lipinski definition) is 1. The molecule has 0 fully saturated rings. The van der Waals surface area contributed by atoms with Crippen molar-refractivity contribution in [3.8, 4) is 0 Å². The van der Waals surface area contributed by atoms with E-state index in [2.05, 4.69) is 0 Å². The van der Waals surface area contributed by atoms with Gasteiger partial charge in [-0.15, -0.1) is 0 Å². The van der Waals surface area contributed by atoms with Crippen LogP contribution < -0.4 is 5.43 Å². The highest BCUT2D eigenvalue weighted by Gasteiger charge is 2.19. The van der Waals surface area contributed by atoms with Gasteiger partial charge in [0.15, 0.2) is 0 Å². The van der Waals surface area contributed by atoms with E-state index in [1.54, 1.807) is 19.1 Å². The maximum atomic E-state index is 12.9. The first-order valence-corrected chi connectivity index (χ1v) is 7.69. The largest absolute Gasteiger partial charge is 0.478 e. The summed E-state index contributed by atoms with van der Waals surface area (Å²) in [5.41, 5.74) is 1.70. The van der Waals surface area contributed by atoms with Crippen molar-refractivity contribution in [2.45, 2.75) is 26.9 Å². The Kier molecular flexibility index (Phi) is 4.04. The normalized spacial score (nSPS) is 12.3. The highest BCUT2D eigenvalue weighted by molar-refractivity contribution is 5.96. The third kappa shape index (κ3) is 2.98. The number of carbonyl (C=O) groups is 2. The van der Waals surface area contributed by atoms with Crippen LogP contribution >= 0.6 is 0 Å². The minimum Gasteiger partial charge on any atom is -0.478 e. The molecule has 6 nitrogen and oxygen atoms in total. The lowest BCUT2D eigenvalue weighted by atomic mass is 10.0. The molecule has 3 rings (SSSR count). The van der Waals surface area contributed by atoms with Crippen molar-refractivity contribution >= 4 is 33.9 Å². The van der Waals surface area contributed by atoms with Crippen LogP contribution in [0.1, 0.15) is 41.4 Å². The molecule has 6 heteroatoms. The lowest BCUT2D eigenvalue weighted by Gasteiger charge is -2.15. The number of benzene rings is 2. The van der Waals surface area contributed by atoms with Crippen LogP contribution in [-0.2, 0) is 9.53 Å². The minimum absolute atomic E-state index is 0.0142. The zero-order chi connectivity index (χ0) is 18.3. The smallest absolute Gasteiger partial charge is 0.335 e. The van der Waals surface area contributed by atoms with Gasteiger partial charge in [0.05, 0.1) is 16.3 Å². The van der Waals surface area contributed by atoms with Crippen molar-refractivity contribution in [3.05, 3.63) is 57.2 Å². The van der Waals surface area contributed by atoms with Crippen molar-refractivity contribution in [2.24, 2.45) is 0 Å². The fraction of sp³-hybridized carbons (Fsp3) is 0.211. The Bertz CT molecular complexity index is 1080. The first-order valence-electron chi connectivity index (χ1n) is 7.69. The molecule has 0 aliphatic heterocycles. The van der Waals surface area contributed by atoms with Gasteiger partial charge in [0, 0.05) is 12.5 Å². The Balaban J connectivity index is 2.36. The number of aryl methyl sites for hydroxylation is 1. The van der Waals surface area contributed by atoms with Gasteiger partial charge in [-0.3, -0.25) is 9.59 Å². The zero-order valence-corrected chi connectivity index (χ0v) is 14.0. The Morgan fingerprint density at radius 2 is 1.88 bits per heavy atom. The maximum Gasteiger partial charge on any atom is 0.335 e. The summed E-state index contributed by atoms with van der Waals surface area (Å²) in [6.45, 7) is 4.83. The summed E-state index contributed by atoms with van der Waals surface area (Å²) in [7, 11) is 0. The van der Waals surface area contributed by atoms with Crippen LogP contribution in [0, 0.1) is 6.92 Å². The van der Waals surface area contributed by atoms with Crippen molar-refractivity contribution in [2.75, 3.05) is 0 Å². The molecule has 128 valence electrons. The second-order valence-corrected chi connectivity index (χ2v) is 5.93. The SMILES string of the molecule is CC(=O)OC(C)c1cc(C)cc2c(=O)c3cc(C(=O)O)ccc3oc12. The van der Waals surface area contributed by atoms with Crippen molar-refractivity contribution in [1.82, 2.24) is 0 Å².